The average molecular weight is 317 g/mol. The molecule has 0 fully saturated rings. The van der Waals surface area contributed by atoms with Crippen molar-refractivity contribution in [2.24, 2.45) is 5.73 Å². The maximum absolute atomic E-state index is 11.5. The topological polar surface area (TPSA) is 90.6 Å². The van der Waals surface area contributed by atoms with Crippen molar-refractivity contribution >= 4 is 24.3 Å². The minimum absolute atomic E-state index is 0. The van der Waals surface area contributed by atoms with Crippen molar-refractivity contribution in [2.45, 2.75) is 25.9 Å². The van der Waals surface area contributed by atoms with Gasteiger partial charge in [0, 0.05) is 19.0 Å². The van der Waals surface area contributed by atoms with Gasteiger partial charge in [-0.05, 0) is 24.6 Å². The second-order valence-corrected chi connectivity index (χ2v) is 4.47. The quantitative estimate of drug-likeness (QED) is 0.733. The van der Waals surface area contributed by atoms with E-state index in [9.17, 15) is 9.59 Å². The second-order valence-electron chi connectivity index (χ2n) is 4.47. The maximum atomic E-state index is 11.5. The van der Waals surface area contributed by atoms with E-state index in [1.807, 2.05) is 6.07 Å². The number of methoxy groups -OCH3 is 1. The van der Waals surface area contributed by atoms with E-state index in [0.717, 1.165) is 5.56 Å². The van der Waals surface area contributed by atoms with Gasteiger partial charge in [-0.2, -0.15) is 0 Å². The van der Waals surface area contributed by atoms with Crippen LogP contribution < -0.4 is 15.8 Å². The van der Waals surface area contributed by atoms with Crippen LogP contribution in [0, 0.1) is 0 Å². The number of carbonyl (C=O) groups excluding carboxylic acids is 2. The molecule has 0 heterocycles. The molecule has 1 unspecified atom stereocenters. The average Bonchev–Trinajstić information content (AvgIpc) is 2.42. The van der Waals surface area contributed by atoms with Crippen LogP contribution in [0.4, 0.5) is 0 Å². The smallest absolute Gasteiger partial charge is 0.343 e. The molecule has 118 valence electrons. The van der Waals surface area contributed by atoms with Crippen LogP contribution in [0.15, 0.2) is 24.3 Å². The lowest BCUT2D eigenvalue weighted by Gasteiger charge is -2.09. The van der Waals surface area contributed by atoms with Gasteiger partial charge < -0.3 is 20.5 Å². The SMILES string of the molecule is COC(=O)COc1cccc(CNC(=O)CC(C)N)c1.Cl. The van der Waals surface area contributed by atoms with Gasteiger partial charge in [-0.15, -0.1) is 12.4 Å². The van der Waals surface area contributed by atoms with Crippen molar-refractivity contribution in [1.29, 1.82) is 0 Å². The molecule has 6 nitrogen and oxygen atoms in total. The standard InChI is InChI=1S/C14H20N2O4.ClH/c1-10(15)6-13(17)16-8-11-4-3-5-12(7-11)20-9-14(18)19-2;/h3-5,7,10H,6,8-9,15H2,1-2H3,(H,16,17);1H. The minimum Gasteiger partial charge on any atom is -0.482 e. The molecular formula is C14H21ClN2O4. The molecule has 0 aliphatic rings. The molecule has 3 N–H and O–H groups in total. The highest BCUT2D eigenvalue weighted by molar-refractivity contribution is 5.85. The van der Waals surface area contributed by atoms with Gasteiger partial charge in [0.25, 0.3) is 0 Å². The van der Waals surface area contributed by atoms with E-state index in [-0.39, 0.29) is 31.0 Å². The molecule has 0 spiro atoms. The van der Waals surface area contributed by atoms with Gasteiger partial charge in [-0.25, -0.2) is 4.79 Å². The molecule has 1 rings (SSSR count). The Hall–Kier alpha value is -1.79. The first-order valence-corrected chi connectivity index (χ1v) is 6.32. The largest absolute Gasteiger partial charge is 0.482 e. The third kappa shape index (κ3) is 8.16. The number of hydrogen-bond donors (Lipinski definition) is 2. The summed E-state index contributed by atoms with van der Waals surface area (Å²) >= 11 is 0. The third-order valence-electron chi connectivity index (χ3n) is 2.48. The summed E-state index contributed by atoms with van der Waals surface area (Å²) in [4.78, 5) is 22.5. The fourth-order valence-electron chi connectivity index (χ4n) is 1.51. The number of benzene rings is 1. The van der Waals surface area contributed by atoms with Crippen LogP contribution in [-0.4, -0.2) is 31.6 Å². The van der Waals surface area contributed by atoms with Crippen LogP contribution in [0.3, 0.4) is 0 Å². The van der Waals surface area contributed by atoms with Crippen molar-refractivity contribution in [3.63, 3.8) is 0 Å². The summed E-state index contributed by atoms with van der Waals surface area (Å²) < 4.78 is 9.75. The van der Waals surface area contributed by atoms with Crippen LogP contribution in [0.1, 0.15) is 18.9 Å². The first-order chi connectivity index (χ1) is 9.51. The zero-order valence-corrected chi connectivity index (χ0v) is 12.9. The molecule has 0 bridgehead atoms. The predicted octanol–water partition coefficient (Wildman–Crippen LogP) is 1.01. The lowest BCUT2D eigenvalue weighted by atomic mass is 10.2. The molecular weight excluding hydrogens is 296 g/mol. The predicted molar refractivity (Wildman–Crippen MR) is 81.3 cm³/mol. The molecule has 1 amide bonds. The number of rotatable bonds is 7. The van der Waals surface area contributed by atoms with E-state index in [4.69, 9.17) is 10.5 Å². The molecule has 1 aromatic carbocycles. The van der Waals surface area contributed by atoms with Crippen LogP contribution >= 0.6 is 12.4 Å². The summed E-state index contributed by atoms with van der Waals surface area (Å²) in [6.45, 7) is 2.03. The number of hydrogen-bond acceptors (Lipinski definition) is 5. The first-order valence-electron chi connectivity index (χ1n) is 6.32. The number of amides is 1. The lowest BCUT2D eigenvalue weighted by molar-refractivity contribution is -0.142. The van der Waals surface area contributed by atoms with Crippen LogP contribution in [-0.2, 0) is 20.9 Å². The molecule has 0 aliphatic carbocycles. The van der Waals surface area contributed by atoms with Crippen molar-refractivity contribution in [3.8, 4) is 5.75 Å². The molecule has 0 aromatic heterocycles. The fraction of sp³-hybridized carbons (Fsp3) is 0.429. The van der Waals surface area contributed by atoms with Gasteiger partial charge in [0.05, 0.1) is 7.11 Å². The Kier molecular flexibility index (Phi) is 9.16. The molecule has 0 saturated carbocycles. The molecule has 1 atom stereocenters. The summed E-state index contributed by atoms with van der Waals surface area (Å²) in [6.07, 6.45) is 0.290. The molecule has 0 saturated heterocycles. The molecule has 0 aliphatic heterocycles. The highest BCUT2D eigenvalue weighted by Gasteiger charge is 2.06. The number of carbonyl (C=O) groups is 2. The monoisotopic (exact) mass is 316 g/mol. The zero-order valence-electron chi connectivity index (χ0n) is 12.1. The Bertz CT molecular complexity index is 466. The van der Waals surface area contributed by atoms with E-state index >= 15 is 0 Å². The van der Waals surface area contributed by atoms with Gasteiger partial charge in [-0.3, -0.25) is 4.79 Å². The van der Waals surface area contributed by atoms with E-state index in [1.54, 1.807) is 25.1 Å². The first kappa shape index (κ1) is 19.2. The Morgan fingerprint density at radius 2 is 2.10 bits per heavy atom. The minimum atomic E-state index is -0.444. The van der Waals surface area contributed by atoms with Crippen LogP contribution in [0.2, 0.25) is 0 Å². The number of nitrogens with two attached hydrogens (primary N) is 1. The summed E-state index contributed by atoms with van der Waals surface area (Å²) in [5.41, 5.74) is 6.42. The molecule has 7 heteroatoms. The van der Waals surface area contributed by atoms with E-state index in [0.29, 0.717) is 18.7 Å². The summed E-state index contributed by atoms with van der Waals surface area (Å²) in [6, 6.07) is 6.98. The molecule has 0 radical (unpaired) electrons. The van der Waals surface area contributed by atoms with Crippen molar-refractivity contribution in [2.75, 3.05) is 13.7 Å². The summed E-state index contributed by atoms with van der Waals surface area (Å²) in [5.74, 6) is 0.0101. The third-order valence-corrected chi connectivity index (χ3v) is 2.48. The number of halogens is 1. The van der Waals surface area contributed by atoms with Gasteiger partial charge in [-0.1, -0.05) is 12.1 Å². The molecule has 21 heavy (non-hydrogen) atoms. The number of ether oxygens (including phenoxy) is 2. The van der Waals surface area contributed by atoms with E-state index < -0.39 is 5.97 Å². The van der Waals surface area contributed by atoms with Crippen LogP contribution in [0.5, 0.6) is 5.75 Å². The van der Waals surface area contributed by atoms with Gasteiger partial charge in [0.1, 0.15) is 5.75 Å². The molecule has 1 aromatic rings. The Morgan fingerprint density at radius 1 is 1.38 bits per heavy atom. The number of esters is 1. The normalized spacial score (nSPS) is 11.0. The second kappa shape index (κ2) is 10.0. The van der Waals surface area contributed by atoms with Crippen molar-refractivity contribution in [3.05, 3.63) is 29.8 Å². The maximum Gasteiger partial charge on any atom is 0.343 e. The highest BCUT2D eigenvalue weighted by Crippen LogP contribution is 2.13. The van der Waals surface area contributed by atoms with Gasteiger partial charge >= 0.3 is 5.97 Å². The van der Waals surface area contributed by atoms with E-state index in [1.165, 1.54) is 7.11 Å². The zero-order chi connectivity index (χ0) is 15.0. The fourth-order valence-corrected chi connectivity index (χ4v) is 1.51. The Morgan fingerprint density at radius 3 is 2.71 bits per heavy atom. The van der Waals surface area contributed by atoms with E-state index in [2.05, 4.69) is 10.1 Å². The summed E-state index contributed by atoms with van der Waals surface area (Å²) in [5, 5.41) is 2.77. The van der Waals surface area contributed by atoms with Crippen LogP contribution in [0.25, 0.3) is 0 Å². The van der Waals surface area contributed by atoms with Gasteiger partial charge in [0.15, 0.2) is 6.61 Å². The summed E-state index contributed by atoms with van der Waals surface area (Å²) in [7, 11) is 1.30. The Balaban J connectivity index is 0.00000400. The number of nitrogens with one attached hydrogen (secondary N) is 1. The Labute approximate surface area is 130 Å². The van der Waals surface area contributed by atoms with Gasteiger partial charge in [0.2, 0.25) is 5.91 Å². The van der Waals surface area contributed by atoms with Crippen molar-refractivity contribution < 1.29 is 19.1 Å². The van der Waals surface area contributed by atoms with Crippen molar-refractivity contribution in [1.82, 2.24) is 5.32 Å². The highest BCUT2D eigenvalue weighted by atomic mass is 35.5. The lowest BCUT2D eigenvalue weighted by Crippen LogP contribution is -2.29.